The van der Waals surface area contributed by atoms with Crippen molar-refractivity contribution in [1.29, 1.82) is 0 Å². The fourth-order valence-corrected chi connectivity index (χ4v) is 4.24. The molecule has 0 atom stereocenters. The summed E-state index contributed by atoms with van der Waals surface area (Å²) in [6.45, 7) is 0. The second-order valence-corrected chi connectivity index (χ2v) is 6.91. The van der Waals surface area contributed by atoms with Crippen molar-refractivity contribution in [3.63, 3.8) is 0 Å². The van der Waals surface area contributed by atoms with Crippen molar-refractivity contribution >= 4 is 31.0 Å². The number of benzene rings is 2. The lowest BCUT2D eigenvalue weighted by Crippen LogP contribution is -2.56. The van der Waals surface area contributed by atoms with Crippen LogP contribution < -0.4 is 5.19 Å². The molecule has 0 amide bonds. The number of hydrogen-bond acceptors (Lipinski definition) is 4. The van der Waals surface area contributed by atoms with Crippen LogP contribution >= 0.6 is 0 Å². The largest absolute Gasteiger partial charge is 0.537 e. The molecule has 5 heteroatoms. The van der Waals surface area contributed by atoms with Crippen molar-refractivity contribution < 1.29 is 18.1 Å². The fourth-order valence-electron chi connectivity index (χ4n) is 2.27. The van der Waals surface area contributed by atoms with Crippen LogP contribution in [0.2, 0.25) is 0 Å². The Morgan fingerprint density at radius 3 is 2.16 bits per heavy atom. The first-order valence-electron chi connectivity index (χ1n) is 5.85. The zero-order valence-corrected chi connectivity index (χ0v) is 12.2. The van der Waals surface area contributed by atoms with Crippen molar-refractivity contribution in [1.82, 2.24) is 0 Å². The average molecular weight is 276 g/mol. The standard InChI is InChI=1S/C14H16O4Si/c1-16-19(17-2,18-3)14-9-8-11-6-4-5-7-12(11)13(14)10-15/h4-10H,1-3H3. The number of rotatable bonds is 5. The van der Waals surface area contributed by atoms with Gasteiger partial charge < -0.3 is 13.3 Å². The van der Waals surface area contributed by atoms with Gasteiger partial charge in [-0.1, -0.05) is 36.4 Å². The lowest BCUT2D eigenvalue weighted by atomic mass is 10.1. The lowest BCUT2D eigenvalue weighted by Gasteiger charge is -2.26. The molecule has 0 fully saturated rings. The Morgan fingerprint density at radius 2 is 1.58 bits per heavy atom. The third kappa shape index (κ3) is 2.21. The van der Waals surface area contributed by atoms with Crippen LogP contribution in [0.1, 0.15) is 10.4 Å². The molecule has 0 aliphatic carbocycles. The number of carbonyl (C=O) groups is 1. The van der Waals surface area contributed by atoms with E-state index in [2.05, 4.69) is 0 Å². The summed E-state index contributed by atoms with van der Waals surface area (Å²) in [7, 11) is 1.58. The average Bonchev–Trinajstić information content (AvgIpc) is 2.49. The maximum absolute atomic E-state index is 11.5. The molecular weight excluding hydrogens is 260 g/mol. The predicted octanol–water partition coefficient (Wildman–Crippen LogP) is 1.74. The van der Waals surface area contributed by atoms with Gasteiger partial charge in [-0.3, -0.25) is 4.79 Å². The van der Waals surface area contributed by atoms with Crippen LogP contribution in [0.4, 0.5) is 0 Å². The highest BCUT2D eigenvalue weighted by atomic mass is 28.4. The minimum absolute atomic E-state index is 0.565. The number of aldehydes is 1. The molecule has 0 spiro atoms. The van der Waals surface area contributed by atoms with Gasteiger partial charge in [0.15, 0.2) is 6.29 Å². The van der Waals surface area contributed by atoms with Gasteiger partial charge in [-0.2, -0.15) is 0 Å². The van der Waals surface area contributed by atoms with Crippen LogP contribution in [0.5, 0.6) is 0 Å². The molecule has 0 aromatic heterocycles. The Labute approximate surface area is 113 Å². The molecule has 0 saturated carbocycles. The van der Waals surface area contributed by atoms with E-state index in [-0.39, 0.29) is 0 Å². The molecule has 4 nitrogen and oxygen atoms in total. The van der Waals surface area contributed by atoms with E-state index in [1.54, 1.807) is 0 Å². The van der Waals surface area contributed by atoms with Gasteiger partial charge in [0, 0.05) is 32.1 Å². The normalized spacial score (nSPS) is 11.7. The quantitative estimate of drug-likeness (QED) is 0.616. The molecule has 0 bridgehead atoms. The third-order valence-corrected chi connectivity index (χ3v) is 5.93. The fraction of sp³-hybridized carbons (Fsp3) is 0.214. The van der Waals surface area contributed by atoms with Crippen molar-refractivity contribution in [2.24, 2.45) is 0 Å². The highest BCUT2D eigenvalue weighted by molar-refractivity contribution is 6.76. The van der Waals surface area contributed by atoms with Crippen LogP contribution in [0.25, 0.3) is 10.8 Å². The number of carbonyl (C=O) groups excluding carboxylic acids is 1. The highest BCUT2D eigenvalue weighted by Gasteiger charge is 2.43. The van der Waals surface area contributed by atoms with Gasteiger partial charge in [0.25, 0.3) is 0 Å². The zero-order chi connectivity index (χ0) is 13.9. The van der Waals surface area contributed by atoms with Crippen molar-refractivity contribution in [2.75, 3.05) is 21.3 Å². The highest BCUT2D eigenvalue weighted by Crippen LogP contribution is 2.19. The molecular formula is C14H16O4Si. The molecule has 0 radical (unpaired) electrons. The first-order valence-corrected chi connectivity index (χ1v) is 7.57. The van der Waals surface area contributed by atoms with Gasteiger partial charge in [-0.15, -0.1) is 0 Å². The Morgan fingerprint density at radius 1 is 0.947 bits per heavy atom. The minimum Gasteiger partial charge on any atom is -0.373 e. The van der Waals surface area contributed by atoms with Crippen LogP contribution in [0.3, 0.4) is 0 Å². The topological polar surface area (TPSA) is 44.8 Å². The molecule has 0 saturated heterocycles. The summed E-state index contributed by atoms with van der Waals surface area (Å²) in [5, 5.41) is 2.56. The molecule has 100 valence electrons. The Balaban J connectivity index is 2.76. The second kappa shape index (κ2) is 5.62. The van der Waals surface area contributed by atoms with E-state index in [1.165, 1.54) is 21.3 Å². The van der Waals surface area contributed by atoms with E-state index >= 15 is 0 Å². The summed E-state index contributed by atoms with van der Waals surface area (Å²) in [5.41, 5.74) is 0.565. The zero-order valence-electron chi connectivity index (χ0n) is 11.2. The molecule has 19 heavy (non-hydrogen) atoms. The molecule has 0 aliphatic heterocycles. The number of hydrogen-bond donors (Lipinski definition) is 0. The molecule has 2 aromatic carbocycles. The Bertz CT molecular complexity index is 585. The second-order valence-electron chi connectivity index (χ2n) is 4.03. The summed E-state index contributed by atoms with van der Waals surface area (Å²) in [6, 6.07) is 11.5. The summed E-state index contributed by atoms with van der Waals surface area (Å²) in [5.74, 6) is 0. The van der Waals surface area contributed by atoms with E-state index in [9.17, 15) is 4.79 Å². The van der Waals surface area contributed by atoms with Gasteiger partial charge in [0.1, 0.15) is 0 Å². The van der Waals surface area contributed by atoms with Gasteiger partial charge in [-0.25, -0.2) is 0 Å². The summed E-state index contributed by atoms with van der Waals surface area (Å²) < 4.78 is 16.3. The van der Waals surface area contributed by atoms with E-state index in [4.69, 9.17) is 13.3 Å². The van der Waals surface area contributed by atoms with Gasteiger partial charge in [0.05, 0.1) is 0 Å². The summed E-state index contributed by atoms with van der Waals surface area (Å²) >= 11 is 0. The van der Waals surface area contributed by atoms with Gasteiger partial charge in [-0.05, 0) is 10.8 Å². The first-order chi connectivity index (χ1) is 9.22. The van der Waals surface area contributed by atoms with E-state index in [0.717, 1.165) is 17.1 Å². The van der Waals surface area contributed by atoms with Crippen molar-refractivity contribution in [2.45, 2.75) is 0 Å². The molecule has 0 N–H and O–H groups in total. The molecule has 0 heterocycles. The van der Waals surface area contributed by atoms with E-state index < -0.39 is 8.80 Å². The SMILES string of the molecule is CO[Si](OC)(OC)c1ccc2ccccc2c1C=O. The van der Waals surface area contributed by atoms with Crippen LogP contribution in [0, 0.1) is 0 Å². The smallest absolute Gasteiger partial charge is 0.373 e. The Hall–Kier alpha value is -1.53. The molecule has 2 rings (SSSR count). The monoisotopic (exact) mass is 276 g/mol. The third-order valence-electron chi connectivity index (χ3n) is 3.22. The van der Waals surface area contributed by atoms with Crippen LogP contribution in [-0.4, -0.2) is 36.4 Å². The predicted molar refractivity (Wildman–Crippen MR) is 75.8 cm³/mol. The summed E-state index contributed by atoms with van der Waals surface area (Å²) in [4.78, 5) is 11.5. The number of fused-ring (bicyclic) bond motifs is 1. The minimum atomic E-state index is -3.01. The molecule has 0 unspecified atom stereocenters. The Kier molecular flexibility index (Phi) is 4.11. The van der Waals surface area contributed by atoms with Gasteiger partial charge in [0.2, 0.25) is 0 Å². The van der Waals surface area contributed by atoms with Crippen molar-refractivity contribution in [3.05, 3.63) is 42.0 Å². The van der Waals surface area contributed by atoms with Crippen LogP contribution in [0.15, 0.2) is 36.4 Å². The lowest BCUT2D eigenvalue weighted by molar-refractivity contribution is 0.112. The van der Waals surface area contributed by atoms with E-state index in [0.29, 0.717) is 10.8 Å². The van der Waals surface area contributed by atoms with Crippen LogP contribution in [-0.2, 0) is 13.3 Å². The molecule has 0 aliphatic rings. The van der Waals surface area contributed by atoms with E-state index in [1.807, 2.05) is 36.4 Å². The maximum atomic E-state index is 11.5. The van der Waals surface area contributed by atoms with Gasteiger partial charge >= 0.3 is 8.80 Å². The molecule has 2 aromatic rings. The van der Waals surface area contributed by atoms with Crippen molar-refractivity contribution in [3.8, 4) is 0 Å². The first kappa shape index (κ1) is 13.9. The summed E-state index contributed by atoms with van der Waals surface area (Å²) in [6.07, 6.45) is 0.830. The maximum Gasteiger partial charge on any atom is 0.537 e.